The van der Waals surface area contributed by atoms with Gasteiger partial charge in [-0.25, -0.2) is 0 Å². The van der Waals surface area contributed by atoms with E-state index in [0.717, 1.165) is 37.0 Å². The standard InChI is InChI=1S/C19H23N3O2/c1-3-11-21(12-4-2)18(23)15-9-13-22(14-10-15)19-20-16-7-5-6-8-17(16)24-19/h3-8,15H,1-2,9-14H2. The number of oxazole rings is 1. The summed E-state index contributed by atoms with van der Waals surface area (Å²) in [6, 6.07) is 8.41. The number of para-hydroxylation sites is 2. The lowest BCUT2D eigenvalue weighted by atomic mass is 9.95. The highest BCUT2D eigenvalue weighted by Crippen LogP contribution is 2.27. The predicted octanol–water partition coefficient (Wildman–Crippen LogP) is 3.24. The van der Waals surface area contributed by atoms with Crippen molar-refractivity contribution >= 4 is 23.0 Å². The van der Waals surface area contributed by atoms with E-state index in [2.05, 4.69) is 23.0 Å². The van der Waals surface area contributed by atoms with Gasteiger partial charge in [0.15, 0.2) is 5.58 Å². The molecule has 0 bridgehead atoms. The van der Waals surface area contributed by atoms with Crippen molar-refractivity contribution in [2.45, 2.75) is 12.8 Å². The molecule has 0 N–H and O–H groups in total. The maximum absolute atomic E-state index is 12.6. The normalized spacial score (nSPS) is 15.4. The van der Waals surface area contributed by atoms with Gasteiger partial charge in [0.05, 0.1) is 0 Å². The van der Waals surface area contributed by atoms with Crippen molar-refractivity contribution in [2.75, 3.05) is 31.1 Å². The third kappa shape index (κ3) is 3.35. The SMILES string of the molecule is C=CCN(CC=C)C(=O)C1CCN(c2nc3ccccc3o2)CC1. The number of fused-ring (bicyclic) bond motifs is 1. The van der Waals surface area contributed by atoms with Gasteiger partial charge in [-0.05, 0) is 25.0 Å². The first kappa shape index (κ1) is 16.3. The number of amides is 1. The molecule has 1 aliphatic heterocycles. The summed E-state index contributed by atoms with van der Waals surface area (Å²) in [6.07, 6.45) is 5.13. The number of benzene rings is 1. The second-order valence-electron chi connectivity index (χ2n) is 6.05. The molecule has 1 fully saturated rings. The minimum atomic E-state index is 0.0468. The van der Waals surface area contributed by atoms with Crippen LogP contribution in [0.1, 0.15) is 12.8 Å². The molecule has 24 heavy (non-hydrogen) atoms. The van der Waals surface area contributed by atoms with Crippen LogP contribution in [-0.4, -0.2) is 42.0 Å². The molecular formula is C19H23N3O2. The highest BCUT2D eigenvalue weighted by atomic mass is 16.4. The molecule has 0 radical (unpaired) electrons. The van der Waals surface area contributed by atoms with Gasteiger partial charge in [0.2, 0.25) is 5.91 Å². The van der Waals surface area contributed by atoms with Crippen LogP contribution in [0.4, 0.5) is 6.01 Å². The molecule has 5 nitrogen and oxygen atoms in total. The summed E-state index contributed by atoms with van der Waals surface area (Å²) in [5.74, 6) is 0.234. The molecule has 0 spiro atoms. The number of anilines is 1. The number of carbonyl (C=O) groups excluding carboxylic acids is 1. The van der Waals surface area contributed by atoms with Crippen molar-refractivity contribution in [1.82, 2.24) is 9.88 Å². The molecule has 1 amide bonds. The molecule has 0 atom stereocenters. The zero-order chi connectivity index (χ0) is 16.9. The second kappa shape index (κ2) is 7.34. The van der Waals surface area contributed by atoms with E-state index in [4.69, 9.17) is 4.42 Å². The van der Waals surface area contributed by atoms with Gasteiger partial charge < -0.3 is 14.2 Å². The van der Waals surface area contributed by atoms with Crippen LogP contribution in [0.5, 0.6) is 0 Å². The van der Waals surface area contributed by atoms with Crippen LogP contribution in [0.3, 0.4) is 0 Å². The molecule has 0 unspecified atom stereocenters. The lowest BCUT2D eigenvalue weighted by Crippen LogP contribution is -2.42. The van der Waals surface area contributed by atoms with Gasteiger partial charge in [-0.15, -0.1) is 13.2 Å². The molecule has 1 aromatic heterocycles. The van der Waals surface area contributed by atoms with Crippen LogP contribution in [0, 0.1) is 5.92 Å². The fourth-order valence-electron chi connectivity index (χ4n) is 3.14. The van der Waals surface area contributed by atoms with Crippen molar-refractivity contribution in [2.24, 2.45) is 5.92 Å². The van der Waals surface area contributed by atoms with E-state index >= 15 is 0 Å². The van der Waals surface area contributed by atoms with Gasteiger partial charge in [-0.2, -0.15) is 4.98 Å². The van der Waals surface area contributed by atoms with Crippen LogP contribution >= 0.6 is 0 Å². The van der Waals surface area contributed by atoms with Gasteiger partial charge in [0, 0.05) is 32.1 Å². The molecule has 126 valence electrons. The van der Waals surface area contributed by atoms with Crippen molar-refractivity contribution in [3.05, 3.63) is 49.6 Å². The summed E-state index contributed by atoms with van der Waals surface area (Å²) >= 11 is 0. The molecule has 0 saturated carbocycles. The fourth-order valence-corrected chi connectivity index (χ4v) is 3.14. The Morgan fingerprint density at radius 3 is 2.54 bits per heavy atom. The number of nitrogens with zero attached hydrogens (tertiary/aromatic N) is 3. The average Bonchev–Trinajstić information content (AvgIpc) is 3.05. The lowest BCUT2D eigenvalue weighted by molar-refractivity contribution is -0.135. The molecule has 1 aromatic carbocycles. The van der Waals surface area contributed by atoms with E-state index in [1.54, 1.807) is 17.1 Å². The van der Waals surface area contributed by atoms with Crippen LogP contribution < -0.4 is 4.90 Å². The lowest BCUT2D eigenvalue weighted by Gasteiger charge is -2.33. The van der Waals surface area contributed by atoms with Gasteiger partial charge >= 0.3 is 0 Å². The molecule has 2 heterocycles. The summed E-state index contributed by atoms with van der Waals surface area (Å²) < 4.78 is 5.82. The number of hydrogen-bond donors (Lipinski definition) is 0. The Morgan fingerprint density at radius 2 is 1.92 bits per heavy atom. The highest BCUT2D eigenvalue weighted by molar-refractivity contribution is 5.79. The number of carbonyl (C=O) groups is 1. The van der Waals surface area contributed by atoms with E-state index < -0.39 is 0 Å². The Hall–Kier alpha value is -2.56. The molecular weight excluding hydrogens is 302 g/mol. The Bertz CT molecular complexity index is 686. The van der Waals surface area contributed by atoms with Crippen molar-refractivity contribution < 1.29 is 9.21 Å². The van der Waals surface area contributed by atoms with E-state index in [9.17, 15) is 4.79 Å². The predicted molar refractivity (Wildman–Crippen MR) is 95.9 cm³/mol. The molecule has 1 aliphatic rings. The number of aromatic nitrogens is 1. The largest absolute Gasteiger partial charge is 0.423 e. The Kier molecular flexibility index (Phi) is 4.99. The van der Waals surface area contributed by atoms with Gasteiger partial charge in [-0.3, -0.25) is 4.79 Å². The Balaban J connectivity index is 1.63. The van der Waals surface area contributed by atoms with Crippen molar-refractivity contribution in [1.29, 1.82) is 0 Å². The Morgan fingerprint density at radius 1 is 1.25 bits per heavy atom. The fraction of sp³-hybridized carbons (Fsp3) is 0.368. The summed E-state index contributed by atoms with van der Waals surface area (Å²) in [7, 11) is 0. The van der Waals surface area contributed by atoms with Crippen LogP contribution in [0.25, 0.3) is 11.1 Å². The van der Waals surface area contributed by atoms with Crippen LogP contribution in [0.2, 0.25) is 0 Å². The summed E-state index contributed by atoms with van der Waals surface area (Å²) in [6.45, 7) is 10.1. The number of hydrogen-bond acceptors (Lipinski definition) is 4. The topological polar surface area (TPSA) is 49.6 Å². The first-order valence-electron chi connectivity index (χ1n) is 8.34. The minimum absolute atomic E-state index is 0.0468. The minimum Gasteiger partial charge on any atom is -0.423 e. The van der Waals surface area contributed by atoms with Gasteiger partial charge in [0.25, 0.3) is 6.01 Å². The first-order valence-corrected chi connectivity index (χ1v) is 8.34. The van der Waals surface area contributed by atoms with Gasteiger partial charge in [0.1, 0.15) is 5.52 Å². The van der Waals surface area contributed by atoms with E-state index in [1.807, 2.05) is 24.3 Å². The molecule has 5 heteroatoms. The maximum Gasteiger partial charge on any atom is 0.298 e. The van der Waals surface area contributed by atoms with Crippen LogP contribution in [0.15, 0.2) is 54.0 Å². The number of piperidine rings is 1. The summed E-state index contributed by atoms with van der Waals surface area (Å²) in [5.41, 5.74) is 1.67. The second-order valence-corrected chi connectivity index (χ2v) is 6.05. The third-order valence-electron chi connectivity index (χ3n) is 4.41. The molecule has 0 aliphatic carbocycles. The third-order valence-corrected chi connectivity index (χ3v) is 4.41. The summed E-state index contributed by atoms with van der Waals surface area (Å²) in [5, 5.41) is 0. The average molecular weight is 325 g/mol. The van der Waals surface area contributed by atoms with Crippen molar-refractivity contribution in [3.63, 3.8) is 0 Å². The van der Waals surface area contributed by atoms with E-state index in [1.165, 1.54) is 0 Å². The first-order chi connectivity index (χ1) is 11.7. The van der Waals surface area contributed by atoms with Crippen molar-refractivity contribution in [3.8, 4) is 0 Å². The molecule has 1 saturated heterocycles. The van der Waals surface area contributed by atoms with E-state index in [-0.39, 0.29) is 11.8 Å². The highest BCUT2D eigenvalue weighted by Gasteiger charge is 2.29. The smallest absolute Gasteiger partial charge is 0.298 e. The zero-order valence-corrected chi connectivity index (χ0v) is 13.9. The Labute approximate surface area is 142 Å². The monoisotopic (exact) mass is 325 g/mol. The number of rotatable bonds is 6. The maximum atomic E-state index is 12.6. The van der Waals surface area contributed by atoms with Gasteiger partial charge in [-0.1, -0.05) is 24.3 Å². The quantitative estimate of drug-likeness (QED) is 0.765. The molecule has 2 aromatic rings. The zero-order valence-electron chi connectivity index (χ0n) is 13.9. The van der Waals surface area contributed by atoms with E-state index in [0.29, 0.717) is 19.1 Å². The summed E-state index contributed by atoms with van der Waals surface area (Å²) in [4.78, 5) is 21.1. The molecule has 3 rings (SSSR count). The van der Waals surface area contributed by atoms with Crippen LogP contribution in [-0.2, 0) is 4.79 Å².